The molecule has 0 saturated heterocycles. The van der Waals surface area contributed by atoms with E-state index < -0.39 is 17.4 Å². The second kappa shape index (κ2) is 5.72. The molecule has 4 heteroatoms. The van der Waals surface area contributed by atoms with Crippen LogP contribution in [0.5, 0.6) is 11.5 Å². The normalized spacial score (nSPS) is 10.7. The van der Waals surface area contributed by atoms with Gasteiger partial charge in [-0.05, 0) is 59.5 Å². The van der Waals surface area contributed by atoms with Crippen molar-refractivity contribution < 1.29 is 19.0 Å². The summed E-state index contributed by atoms with van der Waals surface area (Å²) in [5.74, 6) is -1.59. The number of rotatable bonds is 2. The summed E-state index contributed by atoms with van der Waals surface area (Å²) in [5.41, 5.74) is 2.91. The lowest BCUT2D eigenvalue weighted by molar-refractivity contribution is 0.432. The van der Waals surface area contributed by atoms with Gasteiger partial charge in [-0.1, -0.05) is 24.3 Å². The van der Waals surface area contributed by atoms with Crippen molar-refractivity contribution in [3.05, 3.63) is 71.8 Å². The fourth-order valence-electron chi connectivity index (χ4n) is 2.56. The third kappa shape index (κ3) is 2.88. The quantitative estimate of drug-likeness (QED) is 0.697. The van der Waals surface area contributed by atoms with Crippen molar-refractivity contribution in [3.63, 3.8) is 0 Å². The number of halogens is 2. The molecule has 0 aliphatic heterocycles. The molecule has 2 N–H and O–H groups in total. The molecule has 0 saturated carbocycles. The maximum absolute atomic E-state index is 14.4. The van der Waals surface area contributed by atoms with Crippen molar-refractivity contribution in [1.82, 2.24) is 0 Å². The van der Waals surface area contributed by atoms with Gasteiger partial charge in [0.25, 0.3) is 0 Å². The summed E-state index contributed by atoms with van der Waals surface area (Å²) in [5, 5.41) is 18.7. The van der Waals surface area contributed by atoms with Crippen LogP contribution in [0, 0.1) is 18.6 Å². The summed E-state index contributed by atoms with van der Waals surface area (Å²) in [6, 6.07) is 13.3. The van der Waals surface area contributed by atoms with Gasteiger partial charge in [-0.2, -0.15) is 0 Å². The Morgan fingerprint density at radius 2 is 1.30 bits per heavy atom. The van der Waals surface area contributed by atoms with E-state index in [0.717, 1.165) is 17.2 Å². The molecule has 0 bridgehead atoms. The number of hydrogen-bond acceptors (Lipinski definition) is 2. The minimum atomic E-state index is -0.791. The maximum atomic E-state index is 14.4. The molecular formula is C19H14F2O2. The number of benzene rings is 3. The Morgan fingerprint density at radius 1 is 0.696 bits per heavy atom. The molecule has 0 fully saturated rings. The second-order valence-corrected chi connectivity index (χ2v) is 5.36. The molecule has 0 amide bonds. The largest absolute Gasteiger partial charge is 0.508 e. The van der Waals surface area contributed by atoms with E-state index in [9.17, 15) is 19.0 Å². The monoisotopic (exact) mass is 312 g/mol. The Kier molecular flexibility index (Phi) is 3.74. The van der Waals surface area contributed by atoms with Crippen molar-refractivity contribution in [2.45, 2.75) is 6.92 Å². The van der Waals surface area contributed by atoms with Crippen molar-refractivity contribution in [2.75, 3.05) is 0 Å². The van der Waals surface area contributed by atoms with Crippen molar-refractivity contribution in [3.8, 4) is 33.8 Å². The van der Waals surface area contributed by atoms with Crippen LogP contribution in [0.3, 0.4) is 0 Å². The van der Waals surface area contributed by atoms with Crippen molar-refractivity contribution in [1.29, 1.82) is 0 Å². The van der Waals surface area contributed by atoms with Gasteiger partial charge in [-0.25, -0.2) is 8.78 Å². The van der Waals surface area contributed by atoms with Gasteiger partial charge in [0.05, 0.1) is 0 Å². The molecule has 3 aromatic rings. The SMILES string of the molecule is Cc1cc(O)ccc1-c1ccc(-c2ccc(O)c(F)c2)c(F)c1. The molecule has 0 aliphatic carbocycles. The molecule has 0 unspecified atom stereocenters. The van der Waals surface area contributed by atoms with E-state index in [0.29, 0.717) is 11.1 Å². The molecule has 3 aromatic carbocycles. The zero-order valence-electron chi connectivity index (χ0n) is 12.3. The van der Waals surface area contributed by atoms with Gasteiger partial charge in [-0.15, -0.1) is 0 Å². The Balaban J connectivity index is 2.05. The highest BCUT2D eigenvalue weighted by Crippen LogP contribution is 2.32. The molecule has 3 rings (SSSR count). The zero-order chi connectivity index (χ0) is 16.6. The van der Waals surface area contributed by atoms with Crippen LogP contribution in [0.4, 0.5) is 8.78 Å². The van der Waals surface area contributed by atoms with Crippen molar-refractivity contribution in [2.24, 2.45) is 0 Å². The molecule has 0 atom stereocenters. The summed E-state index contributed by atoms with van der Waals surface area (Å²) >= 11 is 0. The third-order valence-electron chi connectivity index (χ3n) is 3.75. The van der Waals surface area contributed by atoms with Crippen LogP contribution in [-0.2, 0) is 0 Å². The van der Waals surface area contributed by atoms with E-state index in [-0.39, 0.29) is 11.3 Å². The van der Waals surface area contributed by atoms with E-state index >= 15 is 0 Å². The summed E-state index contributed by atoms with van der Waals surface area (Å²) < 4.78 is 27.9. The number of phenols is 2. The Labute approximate surface area is 132 Å². The first-order valence-electron chi connectivity index (χ1n) is 7.04. The van der Waals surface area contributed by atoms with Crippen LogP contribution in [-0.4, -0.2) is 10.2 Å². The second-order valence-electron chi connectivity index (χ2n) is 5.36. The molecule has 116 valence electrons. The lowest BCUT2D eigenvalue weighted by Gasteiger charge is -2.10. The molecule has 0 radical (unpaired) electrons. The molecular weight excluding hydrogens is 298 g/mol. The third-order valence-corrected chi connectivity index (χ3v) is 3.75. The Morgan fingerprint density at radius 3 is 1.96 bits per heavy atom. The smallest absolute Gasteiger partial charge is 0.165 e. The van der Waals surface area contributed by atoms with E-state index in [4.69, 9.17) is 0 Å². The first kappa shape index (κ1) is 15.0. The van der Waals surface area contributed by atoms with Crippen LogP contribution < -0.4 is 0 Å². The molecule has 0 aliphatic rings. The lowest BCUT2D eigenvalue weighted by atomic mass is 9.97. The van der Waals surface area contributed by atoms with Gasteiger partial charge < -0.3 is 10.2 Å². The van der Waals surface area contributed by atoms with Crippen LogP contribution in [0.25, 0.3) is 22.3 Å². The van der Waals surface area contributed by atoms with Gasteiger partial charge >= 0.3 is 0 Å². The Bertz CT molecular complexity index is 889. The summed E-state index contributed by atoms with van der Waals surface area (Å²) in [7, 11) is 0. The standard InChI is InChI=1S/C19H14F2O2/c1-11-8-14(22)4-6-15(11)12-2-5-16(17(20)9-12)13-3-7-19(23)18(21)10-13/h2-10,22-23H,1H3. The van der Waals surface area contributed by atoms with E-state index in [2.05, 4.69) is 0 Å². The predicted octanol–water partition coefficient (Wildman–Crippen LogP) is 5.02. The fourth-order valence-corrected chi connectivity index (χ4v) is 2.56. The highest BCUT2D eigenvalue weighted by atomic mass is 19.1. The van der Waals surface area contributed by atoms with Crippen LogP contribution >= 0.6 is 0 Å². The number of phenolic OH excluding ortho intramolecular Hbond substituents is 2. The first-order valence-corrected chi connectivity index (χ1v) is 7.04. The molecule has 0 aromatic heterocycles. The van der Waals surface area contributed by atoms with E-state index in [1.807, 2.05) is 6.92 Å². The number of aromatic hydroxyl groups is 2. The molecule has 2 nitrogen and oxygen atoms in total. The average Bonchev–Trinajstić information content (AvgIpc) is 2.50. The zero-order valence-corrected chi connectivity index (χ0v) is 12.3. The van der Waals surface area contributed by atoms with Gasteiger partial charge in [0.15, 0.2) is 11.6 Å². The number of aryl methyl sites for hydroxylation is 1. The maximum Gasteiger partial charge on any atom is 0.165 e. The average molecular weight is 312 g/mol. The highest BCUT2D eigenvalue weighted by Gasteiger charge is 2.11. The topological polar surface area (TPSA) is 40.5 Å². The Hall–Kier alpha value is -2.88. The summed E-state index contributed by atoms with van der Waals surface area (Å²) in [6.45, 7) is 1.83. The van der Waals surface area contributed by atoms with Crippen LogP contribution in [0.1, 0.15) is 5.56 Å². The summed E-state index contributed by atoms with van der Waals surface area (Å²) in [4.78, 5) is 0. The first-order chi connectivity index (χ1) is 11.0. The minimum absolute atomic E-state index is 0.155. The highest BCUT2D eigenvalue weighted by molar-refractivity contribution is 5.73. The lowest BCUT2D eigenvalue weighted by Crippen LogP contribution is -1.89. The van der Waals surface area contributed by atoms with E-state index in [1.54, 1.807) is 30.3 Å². The predicted molar refractivity (Wildman–Crippen MR) is 85.3 cm³/mol. The van der Waals surface area contributed by atoms with Gasteiger partial charge in [0, 0.05) is 5.56 Å². The fraction of sp³-hybridized carbons (Fsp3) is 0.0526. The van der Waals surface area contributed by atoms with Crippen LogP contribution in [0.2, 0.25) is 0 Å². The molecule has 0 heterocycles. The minimum Gasteiger partial charge on any atom is -0.508 e. The van der Waals surface area contributed by atoms with Gasteiger partial charge in [-0.3, -0.25) is 0 Å². The van der Waals surface area contributed by atoms with Crippen molar-refractivity contribution >= 4 is 0 Å². The molecule has 0 spiro atoms. The van der Waals surface area contributed by atoms with Gasteiger partial charge in [0.1, 0.15) is 11.6 Å². The summed E-state index contributed by atoms with van der Waals surface area (Å²) in [6.07, 6.45) is 0. The molecule has 23 heavy (non-hydrogen) atoms. The van der Waals surface area contributed by atoms with Crippen LogP contribution in [0.15, 0.2) is 54.6 Å². The number of hydrogen-bond donors (Lipinski definition) is 2. The van der Waals surface area contributed by atoms with Gasteiger partial charge in [0.2, 0.25) is 0 Å². The van der Waals surface area contributed by atoms with E-state index in [1.165, 1.54) is 18.2 Å².